The largest absolute Gasteiger partial charge is 0.493 e. The van der Waals surface area contributed by atoms with Gasteiger partial charge >= 0.3 is 0 Å². The van der Waals surface area contributed by atoms with Gasteiger partial charge in [0.1, 0.15) is 10.7 Å². The molecule has 0 spiro atoms. The van der Waals surface area contributed by atoms with Gasteiger partial charge in [-0.15, -0.1) is 12.4 Å². The smallest absolute Gasteiger partial charge is 0.243 e. The number of ether oxygens (including phenoxy) is 2. The highest BCUT2D eigenvalue weighted by Gasteiger charge is 2.30. The van der Waals surface area contributed by atoms with Crippen LogP contribution in [0, 0.1) is 11.2 Å². The second kappa shape index (κ2) is 8.33. The van der Waals surface area contributed by atoms with Gasteiger partial charge in [-0.25, -0.2) is 17.5 Å². The first-order valence-corrected chi connectivity index (χ1v) is 8.91. The van der Waals surface area contributed by atoms with Gasteiger partial charge in [0, 0.05) is 25.2 Å². The van der Waals surface area contributed by atoms with Gasteiger partial charge in [0.15, 0.2) is 11.5 Å². The first-order valence-electron chi connectivity index (χ1n) is 7.43. The molecular formula is C15H24ClFN2O4S. The van der Waals surface area contributed by atoms with Gasteiger partial charge in [-0.2, -0.15) is 0 Å². The van der Waals surface area contributed by atoms with Gasteiger partial charge in [0.05, 0.1) is 14.2 Å². The minimum Gasteiger partial charge on any atom is -0.493 e. The summed E-state index contributed by atoms with van der Waals surface area (Å²) in [5.74, 6) is -0.561. The lowest BCUT2D eigenvalue weighted by atomic mass is 9.83. The Morgan fingerprint density at radius 3 is 2.46 bits per heavy atom. The Bertz CT molecular complexity index is 664. The van der Waals surface area contributed by atoms with Crippen LogP contribution in [0.4, 0.5) is 4.39 Å². The molecule has 6 nitrogen and oxygen atoms in total. The van der Waals surface area contributed by atoms with Crippen LogP contribution in [0.2, 0.25) is 0 Å². The fourth-order valence-corrected chi connectivity index (χ4v) is 3.93. The number of benzene rings is 1. The summed E-state index contributed by atoms with van der Waals surface area (Å²) in [6, 6.07) is 2.15. The molecule has 0 aromatic heterocycles. The third-order valence-electron chi connectivity index (χ3n) is 4.10. The summed E-state index contributed by atoms with van der Waals surface area (Å²) < 4.78 is 51.5. The van der Waals surface area contributed by atoms with Crippen molar-refractivity contribution in [3.63, 3.8) is 0 Å². The number of piperidine rings is 1. The normalized spacial score (nSPS) is 21.0. The second-order valence-electron chi connectivity index (χ2n) is 6.05. The monoisotopic (exact) mass is 382 g/mol. The number of sulfonamides is 1. The molecule has 0 radical (unpaired) electrons. The van der Waals surface area contributed by atoms with E-state index >= 15 is 0 Å². The van der Waals surface area contributed by atoms with Crippen LogP contribution >= 0.6 is 12.4 Å². The maximum Gasteiger partial charge on any atom is 0.243 e. The van der Waals surface area contributed by atoms with Gasteiger partial charge in [-0.05, 0) is 24.8 Å². The zero-order valence-corrected chi connectivity index (χ0v) is 15.7. The van der Waals surface area contributed by atoms with E-state index in [-0.39, 0.29) is 35.9 Å². The summed E-state index contributed by atoms with van der Waals surface area (Å²) in [4.78, 5) is -0.442. The SMILES string of the molecule is COc1cc(F)c(S(=O)(=O)NCC2(C)CCCNC2)cc1OC.Cl. The van der Waals surface area contributed by atoms with Gasteiger partial charge in [0.2, 0.25) is 10.0 Å². The molecule has 1 aromatic carbocycles. The standard InChI is InChI=1S/C15H23FN2O4S.ClH/c1-15(5-4-6-17-9-15)10-18-23(19,20)14-8-13(22-3)12(21-2)7-11(14)16;/h7-8,17-18H,4-6,9-10H2,1-3H3;1H. The Balaban J connectivity index is 0.00000288. The predicted octanol–water partition coefficient (Wildman–Crippen LogP) is 1.93. The topological polar surface area (TPSA) is 76.7 Å². The minimum absolute atomic E-state index is 0. The van der Waals surface area contributed by atoms with Crippen LogP contribution in [0.5, 0.6) is 11.5 Å². The van der Waals surface area contributed by atoms with Crippen LogP contribution in [0.15, 0.2) is 17.0 Å². The highest BCUT2D eigenvalue weighted by molar-refractivity contribution is 7.89. The molecule has 1 aromatic rings. The van der Waals surface area contributed by atoms with E-state index in [2.05, 4.69) is 10.0 Å². The molecule has 1 unspecified atom stereocenters. The van der Waals surface area contributed by atoms with Crippen LogP contribution in [-0.2, 0) is 10.0 Å². The molecule has 2 N–H and O–H groups in total. The highest BCUT2D eigenvalue weighted by Crippen LogP contribution is 2.32. The molecule has 1 saturated heterocycles. The summed E-state index contributed by atoms with van der Waals surface area (Å²) in [6.45, 7) is 3.92. The Morgan fingerprint density at radius 2 is 1.92 bits per heavy atom. The number of hydrogen-bond acceptors (Lipinski definition) is 5. The molecule has 1 atom stereocenters. The van der Waals surface area contributed by atoms with Crippen molar-refractivity contribution in [3.05, 3.63) is 17.9 Å². The minimum atomic E-state index is -3.97. The summed E-state index contributed by atoms with van der Waals surface area (Å²) in [6.07, 6.45) is 1.90. The van der Waals surface area contributed by atoms with Crippen LogP contribution in [0.1, 0.15) is 19.8 Å². The summed E-state index contributed by atoms with van der Waals surface area (Å²) >= 11 is 0. The van der Waals surface area contributed by atoms with Crippen molar-refractivity contribution in [2.24, 2.45) is 5.41 Å². The molecule has 2 rings (SSSR count). The molecule has 1 fully saturated rings. The summed E-state index contributed by atoms with van der Waals surface area (Å²) in [5, 5.41) is 3.25. The van der Waals surface area contributed by atoms with E-state index < -0.39 is 20.7 Å². The van der Waals surface area contributed by atoms with E-state index in [0.717, 1.165) is 38.1 Å². The molecule has 138 valence electrons. The van der Waals surface area contributed by atoms with Crippen molar-refractivity contribution in [2.45, 2.75) is 24.7 Å². The maximum atomic E-state index is 14.1. The first kappa shape index (κ1) is 21.0. The average molecular weight is 383 g/mol. The van der Waals surface area contributed by atoms with Crippen molar-refractivity contribution < 1.29 is 22.3 Å². The van der Waals surface area contributed by atoms with E-state index in [1.807, 2.05) is 6.92 Å². The van der Waals surface area contributed by atoms with E-state index in [0.29, 0.717) is 0 Å². The van der Waals surface area contributed by atoms with Gasteiger partial charge in [-0.1, -0.05) is 6.92 Å². The lowest BCUT2D eigenvalue weighted by molar-refractivity contribution is 0.238. The van der Waals surface area contributed by atoms with Crippen LogP contribution in [-0.4, -0.2) is 42.3 Å². The van der Waals surface area contributed by atoms with Gasteiger partial charge < -0.3 is 14.8 Å². The van der Waals surface area contributed by atoms with Crippen LogP contribution < -0.4 is 19.5 Å². The van der Waals surface area contributed by atoms with Crippen LogP contribution in [0.25, 0.3) is 0 Å². The molecule has 1 aliphatic rings. The Morgan fingerprint density at radius 1 is 1.29 bits per heavy atom. The van der Waals surface area contributed by atoms with E-state index in [4.69, 9.17) is 9.47 Å². The average Bonchev–Trinajstić information content (AvgIpc) is 2.53. The van der Waals surface area contributed by atoms with Gasteiger partial charge in [0.25, 0.3) is 0 Å². The Hall–Kier alpha value is -1.09. The lowest BCUT2D eigenvalue weighted by Gasteiger charge is -2.34. The molecule has 9 heteroatoms. The molecule has 24 heavy (non-hydrogen) atoms. The summed E-state index contributed by atoms with van der Waals surface area (Å²) in [5.41, 5.74) is -0.182. The third-order valence-corrected chi connectivity index (χ3v) is 5.52. The molecule has 0 saturated carbocycles. The van der Waals surface area contributed by atoms with Crippen molar-refractivity contribution in [2.75, 3.05) is 33.9 Å². The highest BCUT2D eigenvalue weighted by atomic mass is 35.5. The fraction of sp³-hybridized carbons (Fsp3) is 0.600. The van der Waals surface area contributed by atoms with Crippen molar-refractivity contribution >= 4 is 22.4 Å². The molecular weight excluding hydrogens is 359 g/mol. The van der Waals surface area contributed by atoms with Crippen molar-refractivity contribution in [1.29, 1.82) is 0 Å². The molecule has 1 heterocycles. The number of rotatable bonds is 6. The first-order chi connectivity index (χ1) is 10.8. The third kappa shape index (κ3) is 4.72. The van der Waals surface area contributed by atoms with Crippen molar-refractivity contribution in [1.82, 2.24) is 10.0 Å². The predicted molar refractivity (Wildman–Crippen MR) is 92.2 cm³/mol. The fourth-order valence-electron chi connectivity index (χ4n) is 2.66. The van der Waals surface area contributed by atoms with Crippen molar-refractivity contribution in [3.8, 4) is 11.5 Å². The number of halogens is 2. The zero-order valence-electron chi connectivity index (χ0n) is 14.0. The Labute approximate surface area is 148 Å². The molecule has 0 aliphatic carbocycles. The van der Waals surface area contributed by atoms with E-state index in [9.17, 15) is 12.8 Å². The second-order valence-corrected chi connectivity index (χ2v) is 7.79. The molecule has 0 amide bonds. The number of hydrogen-bond donors (Lipinski definition) is 2. The maximum absolute atomic E-state index is 14.1. The number of nitrogens with one attached hydrogen (secondary N) is 2. The summed E-state index contributed by atoms with van der Waals surface area (Å²) in [7, 11) is -1.24. The number of methoxy groups -OCH3 is 2. The Kier molecular flexibility index (Phi) is 7.27. The van der Waals surface area contributed by atoms with Gasteiger partial charge in [-0.3, -0.25) is 0 Å². The molecule has 1 aliphatic heterocycles. The van der Waals surface area contributed by atoms with Crippen LogP contribution in [0.3, 0.4) is 0 Å². The molecule has 0 bridgehead atoms. The van der Waals surface area contributed by atoms with E-state index in [1.54, 1.807) is 0 Å². The van der Waals surface area contributed by atoms with E-state index in [1.165, 1.54) is 14.2 Å². The quantitative estimate of drug-likeness (QED) is 0.786. The zero-order chi connectivity index (χ0) is 17.1. The lowest BCUT2D eigenvalue weighted by Crippen LogP contribution is -2.45.